The lowest BCUT2D eigenvalue weighted by molar-refractivity contribution is -0.136. The van der Waals surface area contributed by atoms with Crippen LogP contribution in [0.5, 0.6) is 0 Å². The van der Waals surface area contributed by atoms with Crippen LogP contribution in [0.4, 0.5) is 0 Å². The molecule has 0 aliphatic rings. The Hall–Kier alpha value is -1.35. The minimum absolute atomic E-state index is 0.105. The predicted molar refractivity (Wildman–Crippen MR) is 73.6 cm³/mol. The van der Waals surface area contributed by atoms with E-state index in [4.69, 9.17) is 5.11 Å². The van der Waals surface area contributed by atoms with Crippen LogP contribution >= 0.6 is 0 Å². The van der Waals surface area contributed by atoms with Gasteiger partial charge in [-0.3, -0.25) is 9.69 Å². The summed E-state index contributed by atoms with van der Waals surface area (Å²) in [5, 5.41) is 8.92. The van der Waals surface area contributed by atoms with Gasteiger partial charge in [0.1, 0.15) is 0 Å². The van der Waals surface area contributed by atoms with Crippen LogP contribution in [0.25, 0.3) is 0 Å². The first-order chi connectivity index (χ1) is 8.54. The van der Waals surface area contributed by atoms with Crippen molar-refractivity contribution in [3.63, 3.8) is 0 Å². The molecule has 0 aliphatic heterocycles. The molecule has 1 aromatic rings. The van der Waals surface area contributed by atoms with Gasteiger partial charge in [-0.05, 0) is 37.9 Å². The minimum atomic E-state index is -0.769. The number of hydrogen-bond donors (Lipinski definition) is 1. The number of carboxylic acids is 1. The summed E-state index contributed by atoms with van der Waals surface area (Å²) in [6.45, 7) is 8.39. The molecule has 0 atom stereocenters. The van der Waals surface area contributed by atoms with Gasteiger partial charge in [0, 0.05) is 12.6 Å². The maximum atomic E-state index is 10.9. The molecule has 0 bridgehead atoms. The van der Waals surface area contributed by atoms with E-state index in [0.29, 0.717) is 6.04 Å². The number of aliphatic carboxylic acids is 1. The maximum absolute atomic E-state index is 10.9. The smallest absolute Gasteiger partial charge is 0.307 e. The minimum Gasteiger partial charge on any atom is -0.481 e. The highest BCUT2D eigenvalue weighted by molar-refractivity contribution is 5.70. The number of nitrogens with zero attached hydrogens (tertiary/aromatic N) is 1. The van der Waals surface area contributed by atoms with E-state index in [0.717, 1.165) is 30.6 Å². The van der Waals surface area contributed by atoms with Crippen LogP contribution in [0, 0.1) is 0 Å². The fraction of sp³-hybridized carbons (Fsp3) is 0.533. The van der Waals surface area contributed by atoms with Crippen LogP contribution in [0.1, 0.15) is 38.3 Å². The van der Waals surface area contributed by atoms with Gasteiger partial charge in [-0.1, -0.05) is 31.2 Å². The zero-order valence-electron chi connectivity index (χ0n) is 11.5. The summed E-state index contributed by atoms with van der Waals surface area (Å²) in [4.78, 5) is 13.2. The number of benzene rings is 1. The van der Waals surface area contributed by atoms with Gasteiger partial charge in [0.25, 0.3) is 0 Å². The largest absolute Gasteiger partial charge is 0.481 e. The molecule has 0 saturated heterocycles. The van der Waals surface area contributed by atoms with E-state index in [2.05, 4.69) is 25.7 Å². The van der Waals surface area contributed by atoms with E-state index in [1.165, 1.54) is 0 Å². The Morgan fingerprint density at radius 1 is 1.28 bits per heavy atom. The Labute approximate surface area is 109 Å². The van der Waals surface area contributed by atoms with E-state index in [9.17, 15) is 4.79 Å². The third kappa shape index (κ3) is 4.49. The molecule has 0 amide bonds. The second-order valence-corrected chi connectivity index (χ2v) is 4.90. The zero-order valence-corrected chi connectivity index (χ0v) is 11.5. The molecule has 1 aromatic carbocycles. The van der Waals surface area contributed by atoms with E-state index in [1.54, 1.807) is 0 Å². The fourth-order valence-corrected chi connectivity index (χ4v) is 2.07. The lowest BCUT2D eigenvalue weighted by atomic mass is 10.0. The van der Waals surface area contributed by atoms with Crippen molar-refractivity contribution in [3.05, 3.63) is 35.4 Å². The van der Waals surface area contributed by atoms with Crippen molar-refractivity contribution in [1.29, 1.82) is 0 Å². The lowest BCUT2D eigenvalue weighted by Gasteiger charge is -2.26. The molecular weight excluding hydrogens is 226 g/mol. The summed E-state index contributed by atoms with van der Waals surface area (Å²) < 4.78 is 0. The highest BCUT2D eigenvalue weighted by Crippen LogP contribution is 2.14. The van der Waals surface area contributed by atoms with Crippen LogP contribution in [-0.2, 0) is 17.8 Å². The van der Waals surface area contributed by atoms with Crippen molar-refractivity contribution >= 4 is 5.97 Å². The number of hydrogen-bond acceptors (Lipinski definition) is 2. The first kappa shape index (κ1) is 14.7. The molecule has 0 radical (unpaired) electrons. The van der Waals surface area contributed by atoms with E-state index < -0.39 is 5.97 Å². The predicted octanol–water partition coefficient (Wildman–Crippen LogP) is 2.93. The molecule has 18 heavy (non-hydrogen) atoms. The van der Waals surface area contributed by atoms with Gasteiger partial charge >= 0.3 is 5.97 Å². The van der Waals surface area contributed by atoms with E-state index in [1.807, 2.05) is 24.3 Å². The van der Waals surface area contributed by atoms with E-state index in [-0.39, 0.29) is 6.42 Å². The molecule has 1 rings (SSSR count). The van der Waals surface area contributed by atoms with Crippen molar-refractivity contribution in [2.75, 3.05) is 6.54 Å². The third-order valence-corrected chi connectivity index (χ3v) is 3.07. The second kappa shape index (κ2) is 7.17. The summed E-state index contributed by atoms with van der Waals surface area (Å²) in [7, 11) is 0. The molecule has 0 aliphatic carbocycles. The standard InChI is InChI=1S/C15H23NO2/c1-4-9-16(12(2)3)11-14-8-6-5-7-13(14)10-15(17)18/h5-8,12H,4,9-11H2,1-3H3,(H,17,18). The Morgan fingerprint density at radius 2 is 1.89 bits per heavy atom. The average Bonchev–Trinajstić information content (AvgIpc) is 2.30. The Bertz CT molecular complexity index is 388. The molecule has 3 heteroatoms. The highest BCUT2D eigenvalue weighted by atomic mass is 16.4. The topological polar surface area (TPSA) is 40.5 Å². The fourth-order valence-electron chi connectivity index (χ4n) is 2.07. The van der Waals surface area contributed by atoms with Gasteiger partial charge in [0.2, 0.25) is 0 Å². The Kier molecular flexibility index (Phi) is 5.86. The van der Waals surface area contributed by atoms with Crippen LogP contribution in [-0.4, -0.2) is 28.6 Å². The number of carboxylic acid groups (broad SMARTS) is 1. The summed E-state index contributed by atoms with van der Waals surface area (Å²) in [5.41, 5.74) is 2.05. The molecule has 100 valence electrons. The second-order valence-electron chi connectivity index (χ2n) is 4.90. The van der Waals surface area contributed by atoms with Crippen molar-refractivity contribution in [2.45, 2.75) is 46.2 Å². The van der Waals surface area contributed by atoms with Crippen molar-refractivity contribution in [1.82, 2.24) is 4.90 Å². The molecule has 0 fully saturated rings. The van der Waals surface area contributed by atoms with Crippen LogP contribution < -0.4 is 0 Å². The maximum Gasteiger partial charge on any atom is 0.307 e. The van der Waals surface area contributed by atoms with Gasteiger partial charge in [0.15, 0.2) is 0 Å². The van der Waals surface area contributed by atoms with Crippen molar-refractivity contribution < 1.29 is 9.90 Å². The van der Waals surface area contributed by atoms with E-state index >= 15 is 0 Å². The SMILES string of the molecule is CCCN(Cc1ccccc1CC(=O)O)C(C)C. The Morgan fingerprint density at radius 3 is 2.39 bits per heavy atom. The van der Waals surface area contributed by atoms with Gasteiger partial charge in [0.05, 0.1) is 6.42 Å². The lowest BCUT2D eigenvalue weighted by Crippen LogP contribution is -2.31. The molecule has 0 unspecified atom stereocenters. The molecule has 0 spiro atoms. The van der Waals surface area contributed by atoms with Gasteiger partial charge < -0.3 is 5.11 Å². The highest BCUT2D eigenvalue weighted by Gasteiger charge is 2.12. The van der Waals surface area contributed by atoms with Crippen molar-refractivity contribution in [3.8, 4) is 0 Å². The first-order valence-corrected chi connectivity index (χ1v) is 6.57. The molecule has 1 N–H and O–H groups in total. The van der Waals surface area contributed by atoms with Gasteiger partial charge in [-0.25, -0.2) is 0 Å². The van der Waals surface area contributed by atoms with Crippen molar-refractivity contribution in [2.24, 2.45) is 0 Å². The molecule has 3 nitrogen and oxygen atoms in total. The number of rotatable bonds is 7. The molecule has 0 saturated carbocycles. The summed E-state index contributed by atoms with van der Waals surface area (Å²) in [5.74, 6) is -0.769. The summed E-state index contributed by atoms with van der Waals surface area (Å²) in [6.07, 6.45) is 1.22. The first-order valence-electron chi connectivity index (χ1n) is 6.57. The van der Waals surface area contributed by atoms with Crippen LogP contribution in [0.3, 0.4) is 0 Å². The zero-order chi connectivity index (χ0) is 13.5. The molecule has 0 aromatic heterocycles. The quantitative estimate of drug-likeness (QED) is 0.807. The summed E-state index contributed by atoms with van der Waals surface area (Å²) >= 11 is 0. The van der Waals surface area contributed by atoms with Gasteiger partial charge in [-0.2, -0.15) is 0 Å². The van der Waals surface area contributed by atoms with Gasteiger partial charge in [-0.15, -0.1) is 0 Å². The summed E-state index contributed by atoms with van der Waals surface area (Å²) in [6, 6.07) is 8.30. The van der Waals surface area contributed by atoms with Crippen LogP contribution in [0.2, 0.25) is 0 Å². The molecular formula is C15H23NO2. The Balaban J connectivity index is 2.84. The number of carbonyl (C=O) groups is 1. The average molecular weight is 249 g/mol. The van der Waals surface area contributed by atoms with Crippen LogP contribution in [0.15, 0.2) is 24.3 Å². The monoisotopic (exact) mass is 249 g/mol. The third-order valence-electron chi connectivity index (χ3n) is 3.07. The normalized spacial score (nSPS) is 11.2. The molecule has 0 heterocycles.